The second-order valence-electron chi connectivity index (χ2n) is 7.69. The number of amides is 1. The van der Waals surface area contributed by atoms with E-state index in [2.05, 4.69) is 19.8 Å². The van der Waals surface area contributed by atoms with Crippen LogP contribution in [0.4, 0.5) is 18.9 Å². The normalized spacial score (nSPS) is 14.4. The van der Waals surface area contributed by atoms with Gasteiger partial charge in [-0.3, -0.25) is 9.52 Å². The number of carbonyl (C=O) groups excluding carboxylic acids is 1. The number of rotatable bonds is 6. The summed E-state index contributed by atoms with van der Waals surface area (Å²) in [5.74, 6) is 0.103. The molecule has 1 aliphatic heterocycles. The summed E-state index contributed by atoms with van der Waals surface area (Å²) in [5.41, 5.74) is 0.626. The van der Waals surface area contributed by atoms with Gasteiger partial charge in [0, 0.05) is 28.2 Å². The van der Waals surface area contributed by atoms with Gasteiger partial charge in [-0.1, -0.05) is 73.6 Å². The smallest absolute Gasteiger partial charge is 0.406 e. The van der Waals surface area contributed by atoms with E-state index in [0.29, 0.717) is 21.7 Å². The van der Waals surface area contributed by atoms with Crippen molar-refractivity contribution >= 4 is 52.7 Å². The van der Waals surface area contributed by atoms with Crippen LogP contribution < -0.4 is 19.7 Å². The fraction of sp³-hybridized carbons (Fsp3) is 0.360. The van der Waals surface area contributed by atoms with Crippen molar-refractivity contribution in [2.75, 3.05) is 11.4 Å². The zero-order chi connectivity index (χ0) is 28.2. The molecule has 1 aliphatic rings. The number of anilines is 1. The molecule has 0 saturated heterocycles. The number of alkyl halides is 3. The Balaban J connectivity index is 0.000000411. The lowest BCUT2D eigenvalue weighted by atomic mass is 10.1. The fourth-order valence-corrected chi connectivity index (χ4v) is 3.66. The summed E-state index contributed by atoms with van der Waals surface area (Å²) in [6.07, 6.45) is -2.88. The topological polar surface area (TPSA) is 66.0 Å². The Kier molecular flexibility index (Phi) is 13.3. The monoisotopic (exact) mass is 578 g/mol. The SMILES string of the molecule is CC.CCNS/C=C/NC1=NC(C)(C)C(=O)N1c1cc(Cl)cc(Cl)c1.Cc1ccc(OC(F)(F)F)cc1. The van der Waals surface area contributed by atoms with E-state index in [-0.39, 0.29) is 11.7 Å². The second-order valence-corrected chi connectivity index (χ2v) is 9.36. The summed E-state index contributed by atoms with van der Waals surface area (Å²) in [6, 6.07) is 10.7. The van der Waals surface area contributed by atoms with E-state index in [1.54, 1.807) is 57.3 Å². The first-order valence-electron chi connectivity index (χ1n) is 11.4. The molecule has 12 heteroatoms. The van der Waals surface area contributed by atoms with Crippen LogP contribution in [0.15, 0.2) is 59.1 Å². The molecule has 2 N–H and O–H groups in total. The van der Waals surface area contributed by atoms with Gasteiger partial charge in [-0.25, -0.2) is 9.89 Å². The lowest BCUT2D eigenvalue weighted by Gasteiger charge is -2.21. The third kappa shape index (κ3) is 11.3. The number of guanidine groups is 1. The van der Waals surface area contributed by atoms with E-state index in [9.17, 15) is 18.0 Å². The number of carbonyl (C=O) groups is 1. The van der Waals surface area contributed by atoms with Crippen LogP contribution in [-0.4, -0.2) is 30.3 Å². The van der Waals surface area contributed by atoms with E-state index >= 15 is 0 Å². The van der Waals surface area contributed by atoms with E-state index in [1.165, 1.54) is 29.0 Å². The maximum atomic E-state index is 12.6. The Bertz CT molecular complexity index is 1060. The number of benzene rings is 2. The van der Waals surface area contributed by atoms with Crippen LogP contribution >= 0.6 is 35.1 Å². The van der Waals surface area contributed by atoms with Crippen LogP contribution in [0, 0.1) is 6.92 Å². The van der Waals surface area contributed by atoms with Crippen molar-refractivity contribution in [3.63, 3.8) is 0 Å². The van der Waals surface area contributed by atoms with Gasteiger partial charge in [0.15, 0.2) is 0 Å². The number of nitrogens with one attached hydrogen (secondary N) is 2. The fourth-order valence-electron chi connectivity index (χ4n) is 2.75. The van der Waals surface area contributed by atoms with E-state index in [0.717, 1.165) is 12.1 Å². The van der Waals surface area contributed by atoms with Gasteiger partial charge in [0.1, 0.15) is 11.3 Å². The van der Waals surface area contributed by atoms with Crippen molar-refractivity contribution in [2.45, 2.75) is 53.4 Å². The van der Waals surface area contributed by atoms with Crippen LogP contribution in [0.25, 0.3) is 0 Å². The molecule has 0 bridgehead atoms. The Hall–Kier alpha value is -2.40. The minimum atomic E-state index is -4.60. The van der Waals surface area contributed by atoms with E-state index in [4.69, 9.17) is 23.2 Å². The van der Waals surface area contributed by atoms with Gasteiger partial charge in [-0.05, 0) is 51.1 Å². The van der Waals surface area contributed by atoms with E-state index < -0.39 is 11.9 Å². The lowest BCUT2D eigenvalue weighted by molar-refractivity contribution is -0.274. The number of hydrogen-bond donors (Lipinski definition) is 2. The molecule has 3 rings (SSSR count). The quantitative estimate of drug-likeness (QED) is 0.271. The number of aliphatic imine (C=N–C) groups is 1. The number of aryl methyl sites for hydroxylation is 1. The first-order valence-corrected chi connectivity index (χ1v) is 13.0. The molecule has 0 fully saturated rings. The molecule has 0 radical (unpaired) electrons. The first kappa shape index (κ1) is 32.6. The number of ether oxygens (including phenoxy) is 1. The molecule has 0 atom stereocenters. The lowest BCUT2D eigenvalue weighted by Crippen LogP contribution is -2.42. The molecule has 0 aromatic heterocycles. The molecular weight excluding hydrogens is 548 g/mol. The van der Waals surface area contributed by atoms with Gasteiger partial charge in [-0.15, -0.1) is 13.2 Å². The molecule has 0 spiro atoms. The van der Waals surface area contributed by atoms with Crippen molar-refractivity contribution in [3.8, 4) is 5.75 Å². The highest BCUT2D eigenvalue weighted by Gasteiger charge is 2.41. The Morgan fingerprint density at radius 3 is 2.19 bits per heavy atom. The summed E-state index contributed by atoms with van der Waals surface area (Å²) >= 11 is 13.5. The predicted octanol–water partition coefficient (Wildman–Crippen LogP) is 7.71. The summed E-state index contributed by atoms with van der Waals surface area (Å²) < 4.78 is 41.6. The summed E-state index contributed by atoms with van der Waals surface area (Å²) in [4.78, 5) is 18.6. The average Bonchev–Trinajstić information content (AvgIpc) is 3.03. The minimum Gasteiger partial charge on any atom is -0.406 e. The largest absolute Gasteiger partial charge is 0.573 e. The standard InChI is InChI=1S/C15H18Cl2N4OS.C8H7F3O.C2H6/c1-4-19-23-6-5-18-14-20-15(2,3)13(22)21(14)12-8-10(16)7-11(17)9-12;1-6-2-4-7(5-3-6)12-8(9,10)11;1-2/h5-9,19H,4H2,1-3H3,(H,18,20);2-5H,1H3;1-2H3/b6-5+;;. The molecule has 2 aromatic rings. The summed E-state index contributed by atoms with van der Waals surface area (Å²) in [6.45, 7) is 12.2. The van der Waals surface area contributed by atoms with Gasteiger partial charge in [-0.2, -0.15) is 0 Å². The molecular formula is C25H31Cl2F3N4O2S. The van der Waals surface area contributed by atoms with Gasteiger partial charge < -0.3 is 10.1 Å². The van der Waals surface area contributed by atoms with Crippen molar-refractivity contribution in [2.24, 2.45) is 4.99 Å². The summed E-state index contributed by atoms with van der Waals surface area (Å²) in [5, 5.41) is 5.80. The predicted molar refractivity (Wildman–Crippen MR) is 148 cm³/mol. The van der Waals surface area contributed by atoms with Crippen molar-refractivity contribution in [3.05, 3.63) is 69.7 Å². The van der Waals surface area contributed by atoms with Crippen molar-refractivity contribution < 1.29 is 22.7 Å². The summed E-state index contributed by atoms with van der Waals surface area (Å²) in [7, 11) is 0. The van der Waals surface area contributed by atoms with Gasteiger partial charge in [0.05, 0.1) is 5.69 Å². The third-order valence-corrected chi connectivity index (χ3v) is 5.42. The molecule has 0 aliphatic carbocycles. The van der Waals surface area contributed by atoms with Crippen LogP contribution in [0.5, 0.6) is 5.75 Å². The molecule has 2 aromatic carbocycles. The highest BCUT2D eigenvalue weighted by atomic mass is 35.5. The highest BCUT2D eigenvalue weighted by molar-refractivity contribution is 8.00. The molecule has 37 heavy (non-hydrogen) atoms. The molecule has 1 amide bonds. The Labute approximate surface area is 230 Å². The van der Waals surface area contributed by atoms with Crippen LogP contribution in [-0.2, 0) is 4.79 Å². The van der Waals surface area contributed by atoms with Crippen molar-refractivity contribution in [1.82, 2.24) is 10.0 Å². The molecule has 204 valence electrons. The maximum Gasteiger partial charge on any atom is 0.573 e. The third-order valence-electron chi connectivity index (χ3n) is 4.26. The van der Waals surface area contributed by atoms with Crippen LogP contribution in [0.1, 0.15) is 40.2 Å². The van der Waals surface area contributed by atoms with Gasteiger partial charge >= 0.3 is 6.36 Å². The number of halogens is 5. The Morgan fingerprint density at radius 1 is 1.11 bits per heavy atom. The minimum absolute atomic E-state index is 0.147. The number of hydrogen-bond acceptors (Lipinski definition) is 6. The first-order chi connectivity index (χ1) is 17.3. The Morgan fingerprint density at radius 2 is 1.68 bits per heavy atom. The molecule has 6 nitrogen and oxygen atoms in total. The molecule has 0 unspecified atom stereocenters. The second kappa shape index (κ2) is 15.1. The zero-order valence-electron chi connectivity index (χ0n) is 21.4. The van der Waals surface area contributed by atoms with Crippen molar-refractivity contribution in [1.29, 1.82) is 0 Å². The van der Waals surface area contributed by atoms with Gasteiger partial charge in [0.25, 0.3) is 5.91 Å². The average molecular weight is 580 g/mol. The molecule has 0 saturated carbocycles. The van der Waals surface area contributed by atoms with E-state index in [1.807, 2.05) is 26.2 Å². The van der Waals surface area contributed by atoms with Crippen LogP contribution in [0.2, 0.25) is 10.0 Å². The highest BCUT2D eigenvalue weighted by Crippen LogP contribution is 2.31. The van der Waals surface area contributed by atoms with Gasteiger partial charge in [0.2, 0.25) is 5.96 Å². The number of nitrogens with zero attached hydrogens (tertiary/aromatic N) is 2. The molecule has 1 heterocycles. The zero-order valence-corrected chi connectivity index (χ0v) is 23.7. The maximum absolute atomic E-state index is 12.6. The van der Waals surface area contributed by atoms with Crippen LogP contribution in [0.3, 0.4) is 0 Å².